The maximum atomic E-state index is 12.0. The molecule has 0 aliphatic carbocycles. The predicted octanol–water partition coefficient (Wildman–Crippen LogP) is 3.07. The fourth-order valence-corrected chi connectivity index (χ4v) is 1.95. The minimum Gasteiger partial charge on any atom is -0.481 e. The van der Waals surface area contributed by atoms with Crippen molar-refractivity contribution in [3.63, 3.8) is 0 Å². The van der Waals surface area contributed by atoms with Crippen LogP contribution >= 0.6 is 0 Å². The van der Waals surface area contributed by atoms with E-state index in [4.69, 9.17) is 5.11 Å². The van der Waals surface area contributed by atoms with Crippen LogP contribution < -0.4 is 10.6 Å². The molecule has 1 aromatic rings. The van der Waals surface area contributed by atoms with Gasteiger partial charge in [0.15, 0.2) is 0 Å². The normalized spacial score (nSPS) is 11.0. The zero-order valence-corrected chi connectivity index (χ0v) is 12.4. The van der Waals surface area contributed by atoms with E-state index in [9.17, 15) is 9.59 Å². The number of carboxylic acid groups (broad SMARTS) is 1. The van der Waals surface area contributed by atoms with Gasteiger partial charge in [-0.2, -0.15) is 0 Å². The first kappa shape index (κ1) is 16.0. The fraction of sp³-hybridized carbons (Fsp3) is 0.467. The molecule has 1 rings (SSSR count). The van der Waals surface area contributed by atoms with E-state index < -0.39 is 11.5 Å². The predicted molar refractivity (Wildman–Crippen MR) is 79.0 cm³/mol. The summed E-state index contributed by atoms with van der Waals surface area (Å²) in [6, 6.07) is 5.47. The number of rotatable bonds is 5. The number of para-hydroxylation sites is 1. The van der Waals surface area contributed by atoms with Gasteiger partial charge < -0.3 is 15.7 Å². The van der Waals surface area contributed by atoms with Crippen LogP contribution in [0.4, 0.5) is 10.5 Å². The lowest BCUT2D eigenvalue weighted by molar-refractivity contribution is -0.137. The highest BCUT2D eigenvalue weighted by atomic mass is 16.4. The van der Waals surface area contributed by atoms with E-state index in [0.29, 0.717) is 6.42 Å². The van der Waals surface area contributed by atoms with Gasteiger partial charge in [0.05, 0.1) is 0 Å². The van der Waals surface area contributed by atoms with Crippen molar-refractivity contribution in [2.75, 3.05) is 5.32 Å². The van der Waals surface area contributed by atoms with Crippen LogP contribution in [0.1, 0.15) is 37.8 Å². The van der Waals surface area contributed by atoms with Gasteiger partial charge >= 0.3 is 12.0 Å². The summed E-state index contributed by atoms with van der Waals surface area (Å²) >= 11 is 0. The van der Waals surface area contributed by atoms with E-state index in [1.807, 2.05) is 32.0 Å². The fourth-order valence-electron chi connectivity index (χ4n) is 1.95. The number of urea groups is 1. The SMILES string of the molecule is Cc1cccc(C)c1NC(=O)NC(C)(C)CCC(=O)O. The first-order valence-electron chi connectivity index (χ1n) is 6.58. The Morgan fingerprint density at radius 3 is 2.25 bits per heavy atom. The van der Waals surface area contributed by atoms with Crippen LogP contribution in [0.25, 0.3) is 0 Å². The summed E-state index contributed by atoms with van der Waals surface area (Å²) in [5, 5.41) is 14.3. The number of aliphatic carboxylic acids is 1. The average Bonchev–Trinajstić information content (AvgIpc) is 2.31. The lowest BCUT2D eigenvalue weighted by Crippen LogP contribution is -2.46. The van der Waals surface area contributed by atoms with Gasteiger partial charge in [-0.15, -0.1) is 0 Å². The molecule has 0 aromatic heterocycles. The first-order valence-corrected chi connectivity index (χ1v) is 6.58. The largest absolute Gasteiger partial charge is 0.481 e. The summed E-state index contributed by atoms with van der Waals surface area (Å²) < 4.78 is 0. The number of carboxylic acids is 1. The van der Waals surface area contributed by atoms with Gasteiger partial charge in [0, 0.05) is 17.6 Å². The highest BCUT2D eigenvalue weighted by molar-refractivity contribution is 5.91. The molecule has 0 aliphatic heterocycles. The molecule has 0 unspecified atom stereocenters. The Bertz CT molecular complexity index is 490. The molecule has 0 radical (unpaired) electrons. The van der Waals surface area contributed by atoms with Gasteiger partial charge in [-0.05, 0) is 45.2 Å². The quantitative estimate of drug-likeness (QED) is 0.774. The monoisotopic (exact) mass is 278 g/mol. The molecule has 110 valence electrons. The van der Waals surface area contributed by atoms with Gasteiger partial charge in [0.25, 0.3) is 0 Å². The van der Waals surface area contributed by atoms with Crippen molar-refractivity contribution in [2.24, 2.45) is 0 Å². The van der Waals surface area contributed by atoms with Gasteiger partial charge in [-0.1, -0.05) is 18.2 Å². The first-order chi connectivity index (χ1) is 9.21. The van der Waals surface area contributed by atoms with E-state index in [1.54, 1.807) is 13.8 Å². The van der Waals surface area contributed by atoms with Gasteiger partial charge in [-0.3, -0.25) is 4.79 Å². The minimum atomic E-state index is -0.866. The summed E-state index contributed by atoms with van der Waals surface area (Å²) in [7, 11) is 0. The van der Waals surface area contributed by atoms with Crippen LogP contribution in [0.2, 0.25) is 0 Å². The molecule has 1 aromatic carbocycles. The van der Waals surface area contributed by atoms with Crippen LogP contribution in [0.3, 0.4) is 0 Å². The Morgan fingerprint density at radius 2 is 1.75 bits per heavy atom. The number of anilines is 1. The molecule has 0 spiro atoms. The van der Waals surface area contributed by atoms with Crippen molar-refractivity contribution >= 4 is 17.7 Å². The molecule has 20 heavy (non-hydrogen) atoms. The maximum Gasteiger partial charge on any atom is 0.319 e. The van der Waals surface area contributed by atoms with E-state index in [0.717, 1.165) is 16.8 Å². The van der Waals surface area contributed by atoms with Crippen LogP contribution in [-0.4, -0.2) is 22.6 Å². The second-order valence-electron chi connectivity index (χ2n) is 5.62. The zero-order valence-electron chi connectivity index (χ0n) is 12.4. The molecule has 3 N–H and O–H groups in total. The third-order valence-electron chi connectivity index (χ3n) is 3.14. The second kappa shape index (κ2) is 6.41. The molecule has 2 amide bonds. The Labute approximate surface area is 119 Å². The number of aryl methyl sites for hydroxylation is 2. The topological polar surface area (TPSA) is 78.4 Å². The standard InChI is InChI=1S/C15H22N2O3/c1-10-6-5-7-11(2)13(10)16-14(20)17-15(3,4)9-8-12(18)19/h5-7H,8-9H2,1-4H3,(H,18,19)(H2,16,17,20). The number of hydrogen-bond donors (Lipinski definition) is 3. The molecule has 0 atom stereocenters. The van der Waals surface area contributed by atoms with E-state index >= 15 is 0 Å². The van der Waals surface area contributed by atoms with Crippen molar-refractivity contribution in [1.29, 1.82) is 0 Å². The van der Waals surface area contributed by atoms with Crippen molar-refractivity contribution < 1.29 is 14.7 Å². The molecule has 0 aliphatic rings. The number of amides is 2. The van der Waals surface area contributed by atoms with Crippen molar-refractivity contribution in [3.05, 3.63) is 29.3 Å². The van der Waals surface area contributed by atoms with Gasteiger partial charge in [-0.25, -0.2) is 4.79 Å². The third kappa shape index (κ3) is 4.91. The van der Waals surface area contributed by atoms with Crippen molar-refractivity contribution in [1.82, 2.24) is 5.32 Å². The molecule has 0 bridgehead atoms. The van der Waals surface area contributed by atoms with Gasteiger partial charge in [0.2, 0.25) is 0 Å². The zero-order chi connectivity index (χ0) is 15.3. The van der Waals surface area contributed by atoms with E-state index in [1.165, 1.54) is 0 Å². The van der Waals surface area contributed by atoms with Crippen LogP contribution in [-0.2, 0) is 4.79 Å². The minimum absolute atomic E-state index is 0.0245. The van der Waals surface area contributed by atoms with Crippen LogP contribution in [0.15, 0.2) is 18.2 Å². The Balaban J connectivity index is 2.65. The van der Waals surface area contributed by atoms with Crippen LogP contribution in [0.5, 0.6) is 0 Å². The molecule has 0 fully saturated rings. The molecular formula is C15H22N2O3. The molecule has 5 heteroatoms. The Hall–Kier alpha value is -2.04. The summed E-state index contributed by atoms with van der Waals surface area (Å²) in [4.78, 5) is 22.6. The molecule has 0 saturated heterocycles. The molecule has 0 saturated carbocycles. The Kier molecular flexibility index (Phi) is 5.13. The highest BCUT2D eigenvalue weighted by Crippen LogP contribution is 2.20. The maximum absolute atomic E-state index is 12.0. The summed E-state index contributed by atoms with van der Waals surface area (Å²) in [5.74, 6) is -0.866. The lowest BCUT2D eigenvalue weighted by Gasteiger charge is -2.26. The number of benzene rings is 1. The van der Waals surface area contributed by atoms with Crippen LogP contribution in [0, 0.1) is 13.8 Å². The number of carbonyl (C=O) groups excluding carboxylic acids is 1. The highest BCUT2D eigenvalue weighted by Gasteiger charge is 2.21. The van der Waals surface area contributed by atoms with Crippen molar-refractivity contribution in [3.8, 4) is 0 Å². The number of hydrogen-bond acceptors (Lipinski definition) is 2. The van der Waals surface area contributed by atoms with E-state index in [-0.39, 0.29) is 12.5 Å². The second-order valence-corrected chi connectivity index (χ2v) is 5.62. The summed E-state index contributed by atoms with van der Waals surface area (Å²) in [6.07, 6.45) is 0.402. The molecule has 0 heterocycles. The average molecular weight is 278 g/mol. The van der Waals surface area contributed by atoms with Crippen molar-refractivity contribution in [2.45, 2.75) is 46.1 Å². The van der Waals surface area contributed by atoms with Gasteiger partial charge in [0.1, 0.15) is 0 Å². The smallest absolute Gasteiger partial charge is 0.319 e. The number of nitrogens with one attached hydrogen (secondary N) is 2. The molecule has 5 nitrogen and oxygen atoms in total. The summed E-state index contributed by atoms with van der Waals surface area (Å²) in [5.41, 5.74) is 2.20. The van der Waals surface area contributed by atoms with E-state index in [2.05, 4.69) is 10.6 Å². The molecular weight excluding hydrogens is 256 g/mol. The Morgan fingerprint density at radius 1 is 1.20 bits per heavy atom. The third-order valence-corrected chi connectivity index (χ3v) is 3.14. The lowest BCUT2D eigenvalue weighted by atomic mass is 9.99. The number of carbonyl (C=O) groups is 2. The summed E-state index contributed by atoms with van der Waals surface area (Å²) in [6.45, 7) is 7.47.